The highest BCUT2D eigenvalue weighted by molar-refractivity contribution is 6.07. The maximum atomic E-state index is 11.6. The van der Waals surface area contributed by atoms with Gasteiger partial charge in [-0.15, -0.1) is 0 Å². The summed E-state index contributed by atoms with van der Waals surface area (Å²) in [7, 11) is 0. The number of carbonyl (C=O) groups is 2. The molecule has 2 fully saturated rings. The molecule has 0 spiro atoms. The quantitative estimate of drug-likeness (QED) is 0.615. The maximum absolute atomic E-state index is 11.6. The van der Waals surface area contributed by atoms with Crippen LogP contribution in [-0.2, 0) is 4.79 Å². The number of amides is 3. The number of urea groups is 1. The lowest BCUT2D eigenvalue weighted by Gasteiger charge is -2.30. The first-order valence-corrected chi connectivity index (χ1v) is 4.71. The number of nitrogens with one attached hydrogen (secondary N) is 2. The summed E-state index contributed by atoms with van der Waals surface area (Å²) in [6.45, 7) is 3.95. The van der Waals surface area contributed by atoms with E-state index in [1.807, 2.05) is 13.8 Å². The Balaban J connectivity index is 2.32. The molecule has 0 aromatic heterocycles. The molecule has 2 aliphatic rings. The normalized spacial score (nSPS) is 33.5. The number of carbonyl (C=O) groups excluding carboxylic acids is 2. The SMILES string of the molecule is CC(C)[C@]1(C2CC2)NC(=O)NC1=O. The molecule has 1 heterocycles. The lowest BCUT2D eigenvalue weighted by molar-refractivity contribution is -0.126. The summed E-state index contributed by atoms with van der Waals surface area (Å²) in [6, 6.07) is -0.342. The number of rotatable bonds is 2. The molecule has 1 saturated carbocycles. The zero-order valence-corrected chi connectivity index (χ0v) is 7.89. The number of hydrogen-bond acceptors (Lipinski definition) is 2. The molecule has 4 nitrogen and oxygen atoms in total. The summed E-state index contributed by atoms with van der Waals surface area (Å²) in [4.78, 5) is 22.7. The highest BCUT2D eigenvalue weighted by Gasteiger charge is 2.57. The second-order valence-corrected chi connectivity index (χ2v) is 4.21. The van der Waals surface area contributed by atoms with Crippen molar-refractivity contribution >= 4 is 11.9 Å². The van der Waals surface area contributed by atoms with E-state index in [2.05, 4.69) is 10.6 Å². The van der Waals surface area contributed by atoms with Gasteiger partial charge in [-0.05, 0) is 24.7 Å². The molecule has 2 rings (SSSR count). The van der Waals surface area contributed by atoms with Gasteiger partial charge in [-0.2, -0.15) is 0 Å². The molecule has 0 aromatic carbocycles. The highest BCUT2D eigenvalue weighted by atomic mass is 16.2. The second-order valence-electron chi connectivity index (χ2n) is 4.21. The standard InChI is InChI=1S/C9H14N2O2/c1-5(2)9(6-3-4-6)7(12)10-8(13)11-9/h5-6H,3-4H2,1-2H3,(H2,10,11,12,13)/t9-/m1/s1. The van der Waals surface area contributed by atoms with Crippen LogP contribution in [0.5, 0.6) is 0 Å². The van der Waals surface area contributed by atoms with E-state index < -0.39 is 5.54 Å². The van der Waals surface area contributed by atoms with E-state index in [4.69, 9.17) is 0 Å². The van der Waals surface area contributed by atoms with E-state index >= 15 is 0 Å². The lowest BCUT2D eigenvalue weighted by atomic mass is 9.82. The third-order valence-corrected chi connectivity index (χ3v) is 3.06. The third-order valence-electron chi connectivity index (χ3n) is 3.06. The first-order valence-electron chi connectivity index (χ1n) is 4.71. The van der Waals surface area contributed by atoms with Crippen LogP contribution in [0, 0.1) is 11.8 Å². The van der Waals surface area contributed by atoms with Gasteiger partial charge in [0.05, 0.1) is 0 Å². The average Bonchev–Trinajstić information content (AvgIpc) is 2.78. The van der Waals surface area contributed by atoms with E-state index in [1.54, 1.807) is 0 Å². The van der Waals surface area contributed by atoms with Crippen LogP contribution in [-0.4, -0.2) is 17.5 Å². The van der Waals surface area contributed by atoms with Gasteiger partial charge in [0, 0.05) is 0 Å². The van der Waals surface area contributed by atoms with Gasteiger partial charge in [0.2, 0.25) is 0 Å². The summed E-state index contributed by atoms with van der Waals surface area (Å²) in [5, 5.41) is 5.10. The summed E-state index contributed by atoms with van der Waals surface area (Å²) in [5.74, 6) is 0.361. The van der Waals surface area contributed by atoms with Crippen molar-refractivity contribution in [3.05, 3.63) is 0 Å². The zero-order chi connectivity index (χ0) is 9.64. The summed E-state index contributed by atoms with van der Waals surface area (Å²) < 4.78 is 0. The van der Waals surface area contributed by atoms with E-state index in [0.29, 0.717) is 5.92 Å². The molecule has 1 aliphatic heterocycles. The van der Waals surface area contributed by atoms with Gasteiger partial charge in [0.1, 0.15) is 5.54 Å². The number of hydrogen-bond donors (Lipinski definition) is 2. The molecule has 0 aromatic rings. The van der Waals surface area contributed by atoms with Crippen LogP contribution in [0.3, 0.4) is 0 Å². The molecule has 1 saturated heterocycles. The largest absolute Gasteiger partial charge is 0.323 e. The molecule has 2 N–H and O–H groups in total. The predicted molar refractivity (Wildman–Crippen MR) is 47.0 cm³/mol. The van der Waals surface area contributed by atoms with Crippen molar-refractivity contribution in [2.24, 2.45) is 11.8 Å². The molecule has 4 heteroatoms. The maximum Gasteiger partial charge on any atom is 0.322 e. The van der Waals surface area contributed by atoms with Crippen molar-refractivity contribution in [1.29, 1.82) is 0 Å². The molecule has 13 heavy (non-hydrogen) atoms. The molecule has 0 radical (unpaired) electrons. The molecule has 1 aliphatic carbocycles. The summed E-state index contributed by atoms with van der Waals surface area (Å²) >= 11 is 0. The van der Waals surface area contributed by atoms with Crippen molar-refractivity contribution in [2.45, 2.75) is 32.2 Å². The van der Waals surface area contributed by atoms with Crippen molar-refractivity contribution < 1.29 is 9.59 Å². The Morgan fingerprint density at radius 2 is 2.00 bits per heavy atom. The highest BCUT2D eigenvalue weighted by Crippen LogP contribution is 2.45. The van der Waals surface area contributed by atoms with Crippen LogP contribution in [0.4, 0.5) is 4.79 Å². The van der Waals surface area contributed by atoms with Gasteiger partial charge in [0.15, 0.2) is 0 Å². The third kappa shape index (κ3) is 1.04. The van der Waals surface area contributed by atoms with Crippen molar-refractivity contribution in [2.75, 3.05) is 0 Å². The predicted octanol–water partition coefficient (Wildman–Crippen LogP) is 0.631. The second kappa shape index (κ2) is 2.47. The van der Waals surface area contributed by atoms with Gasteiger partial charge in [-0.25, -0.2) is 4.79 Å². The van der Waals surface area contributed by atoms with Gasteiger partial charge in [-0.3, -0.25) is 10.1 Å². The lowest BCUT2D eigenvalue weighted by Crippen LogP contribution is -2.53. The fourth-order valence-corrected chi connectivity index (χ4v) is 2.19. The molecule has 0 bridgehead atoms. The Kier molecular flexibility index (Phi) is 1.62. The Hall–Kier alpha value is -1.06. The summed E-state index contributed by atoms with van der Waals surface area (Å²) in [6.07, 6.45) is 2.09. The van der Waals surface area contributed by atoms with E-state index in [0.717, 1.165) is 12.8 Å². The minimum absolute atomic E-state index is 0.144. The fourth-order valence-electron chi connectivity index (χ4n) is 2.19. The minimum Gasteiger partial charge on any atom is -0.323 e. The van der Waals surface area contributed by atoms with E-state index in [-0.39, 0.29) is 17.9 Å². The molecule has 1 atom stereocenters. The molecule has 72 valence electrons. The first kappa shape index (κ1) is 8.53. The number of imide groups is 1. The Labute approximate surface area is 77.1 Å². The van der Waals surface area contributed by atoms with Crippen molar-refractivity contribution in [3.8, 4) is 0 Å². The molecular weight excluding hydrogens is 168 g/mol. The van der Waals surface area contributed by atoms with Crippen LogP contribution in [0.25, 0.3) is 0 Å². The van der Waals surface area contributed by atoms with Crippen LogP contribution in [0.2, 0.25) is 0 Å². The first-order chi connectivity index (χ1) is 6.07. The van der Waals surface area contributed by atoms with Gasteiger partial charge in [-0.1, -0.05) is 13.8 Å². The zero-order valence-electron chi connectivity index (χ0n) is 7.89. The smallest absolute Gasteiger partial charge is 0.322 e. The molecular formula is C9H14N2O2. The summed E-state index contributed by atoms with van der Waals surface area (Å²) in [5.41, 5.74) is -0.614. The van der Waals surface area contributed by atoms with Crippen LogP contribution < -0.4 is 10.6 Å². The van der Waals surface area contributed by atoms with Crippen molar-refractivity contribution in [3.63, 3.8) is 0 Å². The fraction of sp³-hybridized carbons (Fsp3) is 0.778. The topological polar surface area (TPSA) is 58.2 Å². The van der Waals surface area contributed by atoms with E-state index in [9.17, 15) is 9.59 Å². The minimum atomic E-state index is -0.614. The van der Waals surface area contributed by atoms with Gasteiger partial charge < -0.3 is 5.32 Å². The van der Waals surface area contributed by atoms with Crippen LogP contribution in [0.15, 0.2) is 0 Å². The average molecular weight is 182 g/mol. The van der Waals surface area contributed by atoms with Crippen LogP contribution in [0.1, 0.15) is 26.7 Å². The Bertz CT molecular complexity index is 267. The van der Waals surface area contributed by atoms with E-state index in [1.165, 1.54) is 0 Å². The monoisotopic (exact) mass is 182 g/mol. The van der Waals surface area contributed by atoms with Gasteiger partial charge >= 0.3 is 6.03 Å². The Morgan fingerprint density at radius 1 is 1.38 bits per heavy atom. The molecule has 0 unspecified atom stereocenters. The van der Waals surface area contributed by atoms with Gasteiger partial charge in [0.25, 0.3) is 5.91 Å². The Morgan fingerprint density at radius 3 is 2.31 bits per heavy atom. The van der Waals surface area contributed by atoms with Crippen LogP contribution >= 0.6 is 0 Å². The molecule has 3 amide bonds. The van der Waals surface area contributed by atoms with Crippen molar-refractivity contribution in [1.82, 2.24) is 10.6 Å².